The number of halogens is 2. The van der Waals surface area contributed by atoms with Crippen molar-refractivity contribution in [3.8, 4) is 0 Å². The third-order valence-corrected chi connectivity index (χ3v) is 3.23. The fourth-order valence-electron chi connectivity index (χ4n) is 2.13. The normalized spacial score (nSPS) is 12.5. The van der Waals surface area contributed by atoms with E-state index in [1.54, 1.807) is 26.8 Å². The standard InChI is InChI=1S/C14H16F2N4/c1-7-4-5-11(15)12(13(7)16)14(18-17)10-6-8(2)19-20-9(10)3/h4-6,14,18H,17H2,1-3H3. The summed E-state index contributed by atoms with van der Waals surface area (Å²) in [6.45, 7) is 5.05. The van der Waals surface area contributed by atoms with Crippen LogP contribution in [0.5, 0.6) is 0 Å². The number of benzene rings is 1. The van der Waals surface area contributed by atoms with Crippen molar-refractivity contribution in [1.82, 2.24) is 15.6 Å². The summed E-state index contributed by atoms with van der Waals surface area (Å²) in [7, 11) is 0. The van der Waals surface area contributed by atoms with E-state index in [4.69, 9.17) is 5.84 Å². The molecule has 0 aliphatic carbocycles. The summed E-state index contributed by atoms with van der Waals surface area (Å²) < 4.78 is 28.3. The highest BCUT2D eigenvalue weighted by Crippen LogP contribution is 2.29. The highest BCUT2D eigenvalue weighted by atomic mass is 19.1. The molecule has 0 saturated heterocycles. The average molecular weight is 278 g/mol. The summed E-state index contributed by atoms with van der Waals surface area (Å²) in [4.78, 5) is 0. The first kappa shape index (κ1) is 14.5. The first-order valence-electron chi connectivity index (χ1n) is 6.17. The Morgan fingerprint density at radius 3 is 2.50 bits per heavy atom. The van der Waals surface area contributed by atoms with E-state index in [1.807, 2.05) is 0 Å². The highest BCUT2D eigenvalue weighted by molar-refractivity contribution is 5.38. The summed E-state index contributed by atoms with van der Waals surface area (Å²) in [5.74, 6) is 4.25. The van der Waals surface area contributed by atoms with Gasteiger partial charge in [0.25, 0.3) is 0 Å². The van der Waals surface area contributed by atoms with E-state index in [0.29, 0.717) is 22.5 Å². The number of hydrazine groups is 1. The zero-order valence-corrected chi connectivity index (χ0v) is 11.5. The van der Waals surface area contributed by atoms with Gasteiger partial charge in [-0.15, -0.1) is 0 Å². The molecule has 106 valence electrons. The first-order valence-corrected chi connectivity index (χ1v) is 6.17. The van der Waals surface area contributed by atoms with Gasteiger partial charge in [0.15, 0.2) is 0 Å². The van der Waals surface area contributed by atoms with Gasteiger partial charge in [0, 0.05) is 5.56 Å². The molecule has 1 aromatic heterocycles. The van der Waals surface area contributed by atoms with E-state index in [1.165, 1.54) is 12.1 Å². The molecule has 0 spiro atoms. The molecule has 0 aliphatic rings. The van der Waals surface area contributed by atoms with Crippen molar-refractivity contribution in [2.24, 2.45) is 5.84 Å². The van der Waals surface area contributed by atoms with Crippen molar-refractivity contribution >= 4 is 0 Å². The molecule has 0 amide bonds. The van der Waals surface area contributed by atoms with E-state index < -0.39 is 17.7 Å². The molecule has 0 aliphatic heterocycles. The van der Waals surface area contributed by atoms with Gasteiger partial charge in [0.05, 0.1) is 17.4 Å². The number of hydrogen-bond donors (Lipinski definition) is 2. The van der Waals surface area contributed by atoms with Gasteiger partial charge in [-0.25, -0.2) is 14.2 Å². The molecular formula is C14H16F2N4. The molecule has 2 rings (SSSR count). The summed E-state index contributed by atoms with van der Waals surface area (Å²) in [6, 6.07) is 3.53. The molecule has 0 bridgehead atoms. The Balaban J connectivity index is 2.64. The van der Waals surface area contributed by atoms with E-state index >= 15 is 0 Å². The zero-order chi connectivity index (χ0) is 14.9. The monoisotopic (exact) mass is 278 g/mol. The number of aromatic nitrogens is 2. The molecule has 0 fully saturated rings. The van der Waals surface area contributed by atoms with Gasteiger partial charge in [-0.1, -0.05) is 6.07 Å². The number of hydrogen-bond acceptors (Lipinski definition) is 4. The Morgan fingerprint density at radius 1 is 1.15 bits per heavy atom. The average Bonchev–Trinajstić information content (AvgIpc) is 2.42. The lowest BCUT2D eigenvalue weighted by molar-refractivity contribution is 0.504. The third kappa shape index (κ3) is 2.52. The minimum Gasteiger partial charge on any atom is -0.271 e. The maximum Gasteiger partial charge on any atom is 0.134 e. The summed E-state index contributed by atoms with van der Waals surface area (Å²) in [6.07, 6.45) is 0. The lowest BCUT2D eigenvalue weighted by Gasteiger charge is -2.20. The van der Waals surface area contributed by atoms with Gasteiger partial charge in [0.1, 0.15) is 11.6 Å². The van der Waals surface area contributed by atoms with E-state index in [0.717, 1.165) is 0 Å². The molecule has 2 aromatic rings. The maximum atomic E-state index is 14.2. The van der Waals surface area contributed by atoms with Crippen LogP contribution in [0.25, 0.3) is 0 Å². The smallest absolute Gasteiger partial charge is 0.134 e. The second-order valence-electron chi connectivity index (χ2n) is 4.72. The van der Waals surface area contributed by atoms with Gasteiger partial charge in [-0.3, -0.25) is 5.84 Å². The number of nitrogens with two attached hydrogens (primary N) is 1. The lowest BCUT2D eigenvalue weighted by atomic mass is 9.95. The van der Waals surface area contributed by atoms with Crippen molar-refractivity contribution in [2.45, 2.75) is 26.8 Å². The molecule has 0 radical (unpaired) electrons. The highest BCUT2D eigenvalue weighted by Gasteiger charge is 2.24. The molecule has 1 aromatic carbocycles. The van der Waals surface area contributed by atoms with Gasteiger partial charge < -0.3 is 0 Å². The molecule has 20 heavy (non-hydrogen) atoms. The Morgan fingerprint density at radius 2 is 1.85 bits per heavy atom. The Labute approximate surface area is 116 Å². The second kappa shape index (κ2) is 5.60. The van der Waals surface area contributed by atoms with Crippen LogP contribution in [0.15, 0.2) is 18.2 Å². The number of nitrogens with one attached hydrogen (secondary N) is 1. The fraction of sp³-hybridized carbons (Fsp3) is 0.286. The molecule has 6 heteroatoms. The molecule has 3 N–H and O–H groups in total. The van der Waals surface area contributed by atoms with E-state index in [2.05, 4.69) is 15.6 Å². The number of rotatable bonds is 3. The van der Waals surface area contributed by atoms with Gasteiger partial charge in [-0.05, 0) is 44.0 Å². The lowest BCUT2D eigenvalue weighted by Crippen LogP contribution is -2.31. The van der Waals surface area contributed by atoms with Crippen LogP contribution in [-0.4, -0.2) is 10.2 Å². The van der Waals surface area contributed by atoms with Crippen molar-refractivity contribution in [3.05, 3.63) is 57.9 Å². The summed E-state index contributed by atoms with van der Waals surface area (Å²) >= 11 is 0. The third-order valence-electron chi connectivity index (χ3n) is 3.23. The molecule has 1 heterocycles. The Hall–Kier alpha value is -1.92. The van der Waals surface area contributed by atoms with Crippen LogP contribution in [0.2, 0.25) is 0 Å². The predicted molar refractivity (Wildman–Crippen MR) is 71.8 cm³/mol. The Kier molecular flexibility index (Phi) is 4.06. The topological polar surface area (TPSA) is 63.8 Å². The molecule has 1 unspecified atom stereocenters. The van der Waals surface area contributed by atoms with Crippen LogP contribution in [-0.2, 0) is 0 Å². The van der Waals surface area contributed by atoms with Crippen LogP contribution in [0, 0.1) is 32.4 Å². The fourth-order valence-corrected chi connectivity index (χ4v) is 2.13. The van der Waals surface area contributed by atoms with Crippen LogP contribution >= 0.6 is 0 Å². The van der Waals surface area contributed by atoms with Crippen LogP contribution in [0.4, 0.5) is 8.78 Å². The van der Waals surface area contributed by atoms with Crippen molar-refractivity contribution in [1.29, 1.82) is 0 Å². The summed E-state index contributed by atoms with van der Waals surface area (Å²) in [5.41, 5.74) is 4.54. The van der Waals surface area contributed by atoms with E-state index in [-0.39, 0.29) is 5.56 Å². The number of nitrogens with zero attached hydrogens (tertiary/aromatic N) is 2. The minimum atomic E-state index is -0.816. The van der Waals surface area contributed by atoms with Gasteiger partial charge >= 0.3 is 0 Å². The molecule has 0 saturated carbocycles. The first-order chi connectivity index (χ1) is 9.45. The predicted octanol–water partition coefficient (Wildman–Crippen LogP) is 2.23. The van der Waals surface area contributed by atoms with Crippen LogP contribution < -0.4 is 11.3 Å². The van der Waals surface area contributed by atoms with Crippen LogP contribution in [0.3, 0.4) is 0 Å². The molecular weight excluding hydrogens is 262 g/mol. The quantitative estimate of drug-likeness (QED) is 0.667. The number of aryl methyl sites for hydroxylation is 3. The molecule has 1 atom stereocenters. The maximum absolute atomic E-state index is 14.2. The summed E-state index contributed by atoms with van der Waals surface area (Å²) in [5, 5.41) is 7.87. The van der Waals surface area contributed by atoms with Crippen molar-refractivity contribution in [2.75, 3.05) is 0 Å². The van der Waals surface area contributed by atoms with Crippen LogP contribution in [0.1, 0.15) is 34.1 Å². The van der Waals surface area contributed by atoms with E-state index in [9.17, 15) is 8.78 Å². The second-order valence-corrected chi connectivity index (χ2v) is 4.72. The minimum absolute atomic E-state index is 0.108. The van der Waals surface area contributed by atoms with Crippen molar-refractivity contribution < 1.29 is 8.78 Å². The largest absolute Gasteiger partial charge is 0.271 e. The van der Waals surface area contributed by atoms with Crippen molar-refractivity contribution in [3.63, 3.8) is 0 Å². The van der Waals surface area contributed by atoms with Gasteiger partial charge in [-0.2, -0.15) is 10.2 Å². The zero-order valence-electron chi connectivity index (χ0n) is 11.5. The SMILES string of the molecule is Cc1cc(C(NN)c2c(F)ccc(C)c2F)c(C)nn1. The van der Waals surface area contributed by atoms with Gasteiger partial charge in [0.2, 0.25) is 0 Å². The Bertz CT molecular complexity index is 643. The molecule has 4 nitrogen and oxygen atoms in total.